The molecule has 0 N–H and O–H groups in total. The van der Waals surface area contributed by atoms with E-state index in [4.69, 9.17) is 14.2 Å². The molecule has 1 aromatic rings. The lowest BCUT2D eigenvalue weighted by Gasteiger charge is -2.14. The molecule has 128 valence electrons. The van der Waals surface area contributed by atoms with Crippen molar-refractivity contribution in [1.82, 2.24) is 0 Å². The Kier molecular flexibility index (Phi) is 6.16. The molecule has 0 atom stereocenters. The lowest BCUT2D eigenvalue weighted by atomic mass is 10.2. The minimum absolute atomic E-state index is 0.256. The highest BCUT2D eigenvalue weighted by atomic mass is 16.6. The number of rotatable bonds is 4. The van der Waals surface area contributed by atoms with Gasteiger partial charge in [-0.3, -0.25) is 19.2 Å². The average molecular weight is 338 g/mol. The maximum atomic E-state index is 11.8. The van der Waals surface area contributed by atoms with Crippen LogP contribution in [-0.2, 0) is 23.9 Å². The second kappa shape index (κ2) is 7.86. The molecule has 0 aliphatic heterocycles. The van der Waals surface area contributed by atoms with Gasteiger partial charge in [-0.2, -0.15) is 0 Å². The molecule has 1 aromatic carbocycles. The van der Waals surface area contributed by atoms with E-state index in [0.717, 1.165) is 39.8 Å². The van der Waals surface area contributed by atoms with E-state index in [9.17, 15) is 24.0 Å². The van der Waals surface area contributed by atoms with Crippen molar-refractivity contribution in [2.45, 2.75) is 27.7 Å². The monoisotopic (exact) mass is 338 g/mol. The summed E-state index contributed by atoms with van der Waals surface area (Å²) >= 11 is 0. The van der Waals surface area contributed by atoms with E-state index in [1.54, 1.807) is 0 Å². The molecule has 0 unspecified atom stereocenters. The summed E-state index contributed by atoms with van der Waals surface area (Å²) in [5, 5.41) is 0. The van der Waals surface area contributed by atoms with Crippen molar-refractivity contribution in [1.29, 1.82) is 0 Å². The molecule has 0 saturated carbocycles. The second-order valence-corrected chi connectivity index (χ2v) is 4.46. The first-order valence-electron chi connectivity index (χ1n) is 6.56. The Balaban J connectivity index is 3.50. The SMILES string of the molecule is CC(=O)OC(=O)c1cc(OC(C)=O)c(OC(C)=O)c(OC(C)=O)c1. The molecule has 24 heavy (non-hydrogen) atoms. The van der Waals surface area contributed by atoms with Gasteiger partial charge in [0.25, 0.3) is 0 Å². The molecule has 0 amide bonds. The van der Waals surface area contributed by atoms with E-state index in [2.05, 4.69) is 4.74 Å². The zero-order chi connectivity index (χ0) is 18.4. The number of hydrogen-bond donors (Lipinski definition) is 0. The standard InChI is InChI=1S/C15H14O9/c1-7(16)21-12-5-11(15(20)24-10(4)19)6-13(22-8(2)17)14(12)23-9(3)18/h5-6H,1-4H3. The predicted octanol–water partition coefficient (Wildman–Crippen LogP) is 1.17. The van der Waals surface area contributed by atoms with Crippen molar-refractivity contribution in [2.24, 2.45) is 0 Å². The lowest BCUT2D eigenvalue weighted by Crippen LogP contribution is -2.14. The summed E-state index contributed by atoms with van der Waals surface area (Å²) in [6, 6.07) is 2.02. The minimum Gasteiger partial charge on any atom is -0.423 e. The molecule has 0 saturated heterocycles. The Hall–Kier alpha value is -3.23. The molecule has 0 aromatic heterocycles. The van der Waals surface area contributed by atoms with Crippen LogP contribution in [0.1, 0.15) is 38.1 Å². The number of esters is 5. The Morgan fingerprint density at radius 1 is 0.667 bits per heavy atom. The van der Waals surface area contributed by atoms with E-state index in [0.29, 0.717) is 0 Å². The number of carbonyl (C=O) groups excluding carboxylic acids is 5. The summed E-state index contributed by atoms with van der Waals surface area (Å²) in [5.74, 6) is -5.36. The van der Waals surface area contributed by atoms with Crippen molar-refractivity contribution in [3.05, 3.63) is 17.7 Å². The van der Waals surface area contributed by atoms with Crippen LogP contribution < -0.4 is 14.2 Å². The van der Waals surface area contributed by atoms with Gasteiger partial charge in [0.1, 0.15) is 0 Å². The van der Waals surface area contributed by atoms with Crippen LogP contribution >= 0.6 is 0 Å². The third kappa shape index (κ3) is 5.52. The summed E-state index contributed by atoms with van der Waals surface area (Å²) < 4.78 is 19.0. The fourth-order valence-corrected chi connectivity index (χ4v) is 1.59. The molecule has 0 aliphatic rings. The Bertz CT molecular complexity index is 681. The highest BCUT2D eigenvalue weighted by Gasteiger charge is 2.23. The predicted molar refractivity (Wildman–Crippen MR) is 76.5 cm³/mol. The first kappa shape index (κ1) is 18.8. The highest BCUT2D eigenvalue weighted by Crippen LogP contribution is 2.39. The van der Waals surface area contributed by atoms with Crippen LogP contribution in [0.5, 0.6) is 17.2 Å². The van der Waals surface area contributed by atoms with Crippen molar-refractivity contribution in [2.75, 3.05) is 0 Å². The topological polar surface area (TPSA) is 122 Å². The molecule has 0 fully saturated rings. The van der Waals surface area contributed by atoms with Crippen LogP contribution in [-0.4, -0.2) is 29.8 Å². The fraction of sp³-hybridized carbons (Fsp3) is 0.267. The van der Waals surface area contributed by atoms with Gasteiger partial charge in [-0.05, 0) is 12.1 Å². The summed E-state index contributed by atoms with van der Waals surface area (Å²) in [5.41, 5.74) is -0.256. The average Bonchev–Trinajstić information content (AvgIpc) is 2.39. The van der Waals surface area contributed by atoms with Crippen molar-refractivity contribution in [3.63, 3.8) is 0 Å². The van der Waals surface area contributed by atoms with Crippen LogP contribution in [0.2, 0.25) is 0 Å². The van der Waals surface area contributed by atoms with E-state index in [1.807, 2.05) is 0 Å². The van der Waals surface area contributed by atoms with Gasteiger partial charge in [0.05, 0.1) is 5.56 Å². The zero-order valence-corrected chi connectivity index (χ0v) is 13.3. The fourth-order valence-electron chi connectivity index (χ4n) is 1.59. The Labute approximate surface area is 136 Å². The quantitative estimate of drug-likeness (QED) is 0.452. The van der Waals surface area contributed by atoms with Crippen molar-refractivity contribution < 1.29 is 42.9 Å². The van der Waals surface area contributed by atoms with Gasteiger partial charge in [-0.15, -0.1) is 0 Å². The van der Waals surface area contributed by atoms with E-state index < -0.39 is 29.8 Å². The molecular weight excluding hydrogens is 324 g/mol. The summed E-state index contributed by atoms with van der Waals surface area (Å²) in [6.07, 6.45) is 0. The smallest absolute Gasteiger partial charge is 0.346 e. The molecule has 0 radical (unpaired) electrons. The maximum absolute atomic E-state index is 11.8. The number of ether oxygens (including phenoxy) is 4. The third-order valence-electron chi connectivity index (χ3n) is 2.25. The van der Waals surface area contributed by atoms with Crippen LogP contribution in [0, 0.1) is 0 Å². The van der Waals surface area contributed by atoms with Crippen molar-refractivity contribution >= 4 is 29.8 Å². The summed E-state index contributed by atoms with van der Waals surface area (Å²) in [6.45, 7) is 4.24. The molecule has 9 heteroatoms. The van der Waals surface area contributed by atoms with Gasteiger partial charge in [-0.1, -0.05) is 0 Å². The molecule has 0 aliphatic carbocycles. The van der Waals surface area contributed by atoms with Crippen LogP contribution in [0.25, 0.3) is 0 Å². The molecule has 1 rings (SSSR count). The zero-order valence-electron chi connectivity index (χ0n) is 13.3. The number of benzene rings is 1. The van der Waals surface area contributed by atoms with Crippen LogP contribution in [0.4, 0.5) is 0 Å². The highest BCUT2D eigenvalue weighted by molar-refractivity contribution is 5.97. The van der Waals surface area contributed by atoms with Gasteiger partial charge in [0.2, 0.25) is 5.75 Å². The van der Waals surface area contributed by atoms with Gasteiger partial charge >= 0.3 is 29.8 Å². The normalized spacial score (nSPS) is 9.67. The largest absolute Gasteiger partial charge is 0.423 e. The Morgan fingerprint density at radius 3 is 1.42 bits per heavy atom. The first-order valence-corrected chi connectivity index (χ1v) is 6.56. The molecule has 0 spiro atoms. The molecule has 0 heterocycles. The van der Waals surface area contributed by atoms with Gasteiger partial charge in [0.15, 0.2) is 11.5 Å². The van der Waals surface area contributed by atoms with E-state index >= 15 is 0 Å². The van der Waals surface area contributed by atoms with E-state index in [1.165, 1.54) is 0 Å². The maximum Gasteiger partial charge on any atom is 0.346 e. The van der Waals surface area contributed by atoms with Crippen LogP contribution in [0.3, 0.4) is 0 Å². The summed E-state index contributed by atoms with van der Waals surface area (Å²) in [7, 11) is 0. The molecule has 9 nitrogen and oxygen atoms in total. The van der Waals surface area contributed by atoms with E-state index in [-0.39, 0.29) is 22.8 Å². The number of hydrogen-bond acceptors (Lipinski definition) is 9. The number of carbonyl (C=O) groups is 5. The van der Waals surface area contributed by atoms with Gasteiger partial charge in [0, 0.05) is 27.7 Å². The third-order valence-corrected chi connectivity index (χ3v) is 2.25. The van der Waals surface area contributed by atoms with Crippen LogP contribution in [0.15, 0.2) is 12.1 Å². The lowest BCUT2D eigenvalue weighted by molar-refractivity contribution is -0.136. The molecule has 0 bridgehead atoms. The Morgan fingerprint density at radius 2 is 1.08 bits per heavy atom. The summed E-state index contributed by atoms with van der Waals surface area (Å²) in [4.78, 5) is 56.3. The minimum atomic E-state index is -1.07. The van der Waals surface area contributed by atoms with Gasteiger partial charge < -0.3 is 18.9 Å². The first-order chi connectivity index (χ1) is 11.1. The van der Waals surface area contributed by atoms with Crippen molar-refractivity contribution in [3.8, 4) is 17.2 Å². The van der Waals surface area contributed by atoms with Gasteiger partial charge in [-0.25, -0.2) is 4.79 Å². The molecular formula is C15H14O9. The second-order valence-electron chi connectivity index (χ2n) is 4.46.